The quantitative estimate of drug-likeness (QED) is 0.933. The number of aromatic nitrogens is 2. The molecule has 0 spiro atoms. The molecule has 5 nitrogen and oxygen atoms in total. The highest BCUT2D eigenvalue weighted by Crippen LogP contribution is 2.34. The van der Waals surface area contributed by atoms with Gasteiger partial charge in [-0.2, -0.15) is 5.26 Å². The maximum atomic E-state index is 10.7. The topological polar surface area (TPSA) is 86.9 Å². The van der Waals surface area contributed by atoms with Gasteiger partial charge < -0.3 is 5.11 Å². The number of aryl methyl sites for hydroxylation is 2. The van der Waals surface area contributed by atoms with Crippen molar-refractivity contribution >= 4 is 29.1 Å². The van der Waals surface area contributed by atoms with Crippen LogP contribution in [0.1, 0.15) is 28.9 Å². The maximum Gasteiger partial charge on any atom is 0.309 e. The van der Waals surface area contributed by atoms with E-state index in [-0.39, 0.29) is 6.42 Å². The van der Waals surface area contributed by atoms with Gasteiger partial charge in [-0.05, 0) is 42.7 Å². The average molecular weight is 317 g/mol. The fourth-order valence-electron chi connectivity index (χ4n) is 2.27. The smallest absolute Gasteiger partial charge is 0.309 e. The van der Waals surface area contributed by atoms with Crippen LogP contribution in [0.3, 0.4) is 0 Å². The molecule has 1 aliphatic rings. The molecule has 106 valence electrons. The molecular weight excluding hydrogens is 306 g/mol. The third-order valence-electron chi connectivity index (χ3n) is 3.18. The molecule has 0 bridgehead atoms. The Morgan fingerprint density at radius 3 is 3.10 bits per heavy atom. The van der Waals surface area contributed by atoms with E-state index in [1.807, 2.05) is 6.07 Å². The number of carbonyl (C=O) groups is 1. The van der Waals surface area contributed by atoms with Crippen molar-refractivity contribution in [1.82, 2.24) is 9.97 Å². The minimum absolute atomic E-state index is 0.0835. The Kier molecular flexibility index (Phi) is 3.90. The highest BCUT2D eigenvalue weighted by atomic mass is 32.2. The van der Waals surface area contributed by atoms with Crippen LogP contribution < -0.4 is 0 Å². The van der Waals surface area contributed by atoms with Gasteiger partial charge in [0, 0.05) is 11.1 Å². The molecule has 0 atom stereocenters. The molecule has 7 heteroatoms. The summed E-state index contributed by atoms with van der Waals surface area (Å²) in [5.74, 6) is -0.898. The lowest BCUT2D eigenvalue weighted by Gasteiger charge is -2.04. The highest BCUT2D eigenvalue weighted by Gasteiger charge is 2.18. The molecule has 1 N–H and O–H groups in total. The molecule has 0 unspecified atom stereocenters. The van der Waals surface area contributed by atoms with E-state index >= 15 is 0 Å². The summed E-state index contributed by atoms with van der Waals surface area (Å²) in [6, 6.07) is 4.10. The fourth-order valence-corrected chi connectivity index (χ4v) is 4.08. The van der Waals surface area contributed by atoms with Crippen LogP contribution in [0.15, 0.2) is 20.8 Å². The van der Waals surface area contributed by atoms with E-state index in [2.05, 4.69) is 16.0 Å². The molecule has 0 radical (unpaired) electrons. The number of aliphatic carboxylic acids is 1. The van der Waals surface area contributed by atoms with Crippen molar-refractivity contribution in [2.45, 2.75) is 35.0 Å². The summed E-state index contributed by atoms with van der Waals surface area (Å²) in [6.45, 7) is 0. The second kappa shape index (κ2) is 5.84. The maximum absolute atomic E-state index is 10.7. The van der Waals surface area contributed by atoms with Crippen molar-refractivity contribution in [3.63, 3.8) is 0 Å². The number of carboxylic acids is 1. The Balaban J connectivity index is 1.86. The van der Waals surface area contributed by atoms with Crippen LogP contribution in [0.2, 0.25) is 0 Å². The van der Waals surface area contributed by atoms with E-state index < -0.39 is 5.97 Å². The molecule has 21 heavy (non-hydrogen) atoms. The summed E-state index contributed by atoms with van der Waals surface area (Å²) in [5.41, 5.74) is 3.34. The Labute approximate surface area is 129 Å². The lowest BCUT2D eigenvalue weighted by atomic mass is 10.2. The Morgan fingerprint density at radius 1 is 1.48 bits per heavy atom. The molecular formula is C14H11N3O2S2. The summed E-state index contributed by atoms with van der Waals surface area (Å²) < 4.78 is 0.716. The SMILES string of the molecule is N#Cc1cc2c(nc1Sc1nc(CC(=O)O)cs1)CCC2. The zero-order valence-corrected chi connectivity index (χ0v) is 12.6. The number of pyridine rings is 1. The molecule has 2 heterocycles. The van der Waals surface area contributed by atoms with E-state index in [9.17, 15) is 10.1 Å². The first kappa shape index (κ1) is 14.0. The van der Waals surface area contributed by atoms with Gasteiger partial charge in [-0.25, -0.2) is 9.97 Å². The first-order chi connectivity index (χ1) is 10.2. The Bertz CT molecular complexity index is 749. The number of nitrogens with zero attached hydrogens (tertiary/aromatic N) is 3. The zero-order chi connectivity index (χ0) is 14.8. The first-order valence-electron chi connectivity index (χ1n) is 6.42. The molecule has 2 aromatic heterocycles. The van der Waals surface area contributed by atoms with Gasteiger partial charge in [0.25, 0.3) is 0 Å². The number of carboxylic acid groups (broad SMARTS) is 1. The van der Waals surface area contributed by atoms with Crippen LogP contribution in [-0.2, 0) is 24.1 Å². The van der Waals surface area contributed by atoms with Crippen LogP contribution >= 0.6 is 23.1 Å². The predicted molar refractivity (Wildman–Crippen MR) is 78.6 cm³/mol. The monoisotopic (exact) mass is 317 g/mol. The Morgan fingerprint density at radius 2 is 2.33 bits per heavy atom. The van der Waals surface area contributed by atoms with Gasteiger partial charge in [0.1, 0.15) is 11.1 Å². The number of thiazole rings is 1. The lowest BCUT2D eigenvalue weighted by Crippen LogP contribution is -2.00. The van der Waals surface area contributed by atoms with Crippen LogP contribution in [0.25, 0.3) is 0 Å². The highest BCUT2D eigenvalue weighted by molar-refractivity contribution is 8.01. The number of hydrogen-bond acceptors (Lipinski definition) is 6. The number of hydrogen-bond donors (Lipinski definition) is 1. The van der Waals surface area contributed by atoms with Crippen LogP contribution in [0.4, 0.5) is 0 Å². The molecule has 0 fully saturated rings. The van der Waals surface area contributed by atoms with E-state index in [4.69, 9.17) is 5.11 Å². The molecule has 3 rings (SSSR count). The second-order valence-corrected chi connectivity index (χ2v) is 6.78. The lowest BCUT2D eigenvalue weighted by molar-refractivity contribution is -0.136. The van der Waals surface area contributed by atoms with Crippen molar-refractivity contribution in [2.24, 2.45) is 0 Å². The standard InChI is InChI=1S/C14H11N3O2S2/c15-6-9-4-8-2-1-3-11(8)17-13(9)21-14-16-10(7-20-14)5-12(18)19/h4,7H,1-3,5H2,(H,18,19). The van der Waals surface area contributed by atoms with Gasteiger partial charge in [-0.3, -0.25) is 4.79 Å². The zero-order valence-electron chi connectivity index (χ0n) is 11.0. The molecule has 0 amide bonds. The van der Waals surface area contributed by atoms with Crippen LogP contribution in [0, 0.1) is 11.3 Å². The third kappa shape index (κ3) is 3.06. The summed E-state index contributed by atoms with van der Waals surface area (Å²) in [6.07, 6.45) is 2.94. The molecule has 0 saturated carbocycles. The molecule has 0 aliphatic heterocycles. The van der Waals surface area contributed by atoms with Gasteiger partial charge in [0.15, 0.2) is 4.34 Å². The number of rotatable bonds is 4. The minimum Gasteiger partial charge on any atom is -0.481 e. The molecule has 0 saturated heterocycles. The van der Waals surface area contributed by atoms with Crippen molar-refractivity contribution in [2.75, 3.05) is 0 Å². The van der Waals surface area contributed by atoms with E-state index in [1.54, 1.807) is 5.38 Å². The molecule has 0 aromatic carbocycles. The van der Waals surface area contributed by atoms with Crippen molar-refractivity contribution < 1.29 is 9.90 Å². The summed E-state index contributed by atoms with van der Waals surface area (Å²) in [7, 11) is 0. The van der Waals surface area contributed by atoms with Gasteiger partial charge in [0.05, 0.1) is 17.7 Å². The second-order valence-electron chi connectivity index (χ2n) is 4.69. The normalized spacial score (nSPS) is 12.9. The average Bonchev–Trinajstić information content (AvgIpc) is 3.06. The third-order valence-corrected chi connectivity index (χ3v) is 5.18. The predicted octanol–water partition coefficient (Wildman–Crippen LogP) is 2.68. The Hall–Kier alpha value is -1.91. The molecule has 1 aliphatic carbocycles. The summed E-state index contributed by atoms with van der Waals surface area (Å²) in [4.78, 5) is 19.5. The van der Waals surface area contributed by atoms with E-state index in [0.29, 0.717) is 20.6 Å². The first-order valence-corrected chi connectivity index (χ1v) is 8.12. The van der Waals surface area contributed by atoms with Gasteiger partial charge in [-0.1, -0.05) is 0 Å². The van der Waals surface area contributed by atoms with Gasteiger partial charge in [-0.15, -0.1) is 11.3 Å². The van der Waals surface area contributed by atoms with Crippen molar-refractivity contribution in [3.8, 4) is 6.07 Å². The summed E-state index contributed by atoms with van der Waals surface area (Å²) >= 11 is 2.71. The van der Waals surface area contributed by atoms with Gasteiger partial charge >= 0.3 is 5.97 Å². The number of nitriles is 1. The fraction of sp³-hybridized carbons (Fsp3) is 0.286. The van der Waals surface area contributed by atoms with E-state index in [1.165, 1.54) is 28.7 Å². The van der Waals surface area contributed by atoms with Crippen LogP contribution in [-0.4, -0.2) is 21.0 Å². The summed E-state index contributed by atoms with van der Waals surface area (Å²) in [5, 5.41) is 20.4. The van der Waals surface area contributed by atoms with Crippen LogP contribution in [0.5, 0.6) is 0 Å². The van der Waals surface area contributed by atoms with Crippen molar-refractivity contribution in [1.29, 1.82) is 5.26 Å². The van der Waals surface area contributed by atoms with Crippen molar-refractivity contribution in [3.05, 3.63) is 34.0 Å². The minimum atomic E-state index is -0.898. The van der Waals surface area contributed by atoms with E-state index in [0.717, 1.165) is 25.0 Å². The van der Waals surface area contributed by atoms with Gasteiger partial charge in [0.2, 0.25) is 0 Å². The number of fused-ring (bicyclic) bond motifs is 1. The largest absolute Gasteiger partial charge is 0.481 e. The molecule has 2 aromatic rings.